The van der Waals surface area contributed by atoms with Gasteiger partial charge in [0.2, 0.25) is 0 Å². The maximum atomic E-state index is 12.5. The minimum absolute atomic E-state index is 0.0428. The highest BCUT2D eigenvalue weighted by Crippen LogP contribution is 2.28. The summed E-state index contributed by atoms with van der Waals surface area (Å²) < 4.78 is 51.8. The first-order valence-corrected chi connectivity index (χ1v) is 32.2. The van der Waals surface area contributed by atoms with Gasteiger partial charge in [0, 0.05) is 6.54 Å². The van der Waals surface area contributed by atoms with Gasteiger partial charge in [-0.2, -0.15) is 0 Å². The van der Waals surface area contributed by atoms with Crippen molar-refractivity contribution in [1.82, 2.24) is 34.3 Å². The Morgan fingerprint density at radius 2 is 0.765 bits per heavy atom. The summed E-state index contributed by atoms with van der Waals surface area (Å²) in [7, 11) is 0. The maximum Gasteiger partial charge on any atom is 0.417 e. The molecule has 7 rings (SSSR count). The number of hydrogen-bond acceptors (Lipinski definition) is 22. The lowest BCUT2D eigenvalue weighted by molar-refractivity contribution is -0.153. The van der Waals surface area contributed by atoms with E-state index in [0.29, 0.717) is 19.8 Å². The molecule has 5 saturated heterocycles. The number of amides is 12. The summed E-state index contributed by atoms with van der Waals surface area (Å²) in [5.74, 6) is -2.03. The molecular formula is C69H105N7O22. The molecule has 0 unspecified atom stereocenters. The molecule has 2 aromatic carbocycles. The van der Waals surface area contributed by atoms with Gasteiger partial charge in [0.25, 0.3) is 29.5 Å². The third kappa shape index (κ3) is 27.8. The standard InChI is InChI=1S/2C19H26N2O5.C11H19NO4.2C10H17NO4/c1-18(2,3)26-16(23)20-13-19(4,5)21(11-15(20)22)17(24)25-12-14-9-7-6-8-10-14;1-18(2,3)26-17(24)21-15(22)11-20(13-19(21,4)5)16(23)25-12-14-9-7-6-8-10-14;1-10(2,3)16-9(14)12-8(13)6-15-7-11(12,4)5;2*1-7-5-14-6-8(12)11(7)9(13)15-10(2,3)4/h2*6-10H,11-13H2,1-5H3;6-7H2,1-5H3;2*7H,5-6H2,1-4H3/t;;;2*7-/m...10/s1. The summed E-state index contributed by atoms with van der Waals surface area (Å²) in [6.45, 7) is 41.2. The molecule has 0 aliphatic carbocycles. The van der Waals surface area contributed by atoms with Crippen LogP contribution in [-0.2, 0) is 84.6 Å². The fraction of sp³-hybridized carbons (Fsp3) is 0.652. The molecule has 0 radical (unpaired) electrons. The molecular weight excluding hydrogens is 1280 g/mol. The molecule has 5 heterocycles. The zero-order chi connectivity index (χ0) is 74.9. The minimum atomic E-state index is -0.899. The molecule has 5 fully saturated rings. The van der Waals surface area contributed by atoms with Gasteiger partial charge in [-0.1, -0.05) is 60.7 Å². The van der Waals surface area contributed by atoms with E-state index in [1.54, 1.807) is 159 Å². The van der Waals surface area contributed by atoms with E-state index < -0.39 is 99.1 Å². The van der Waals surface area contributed by atoms with E-state index in [1.165, 1.54) is 9.80 Å². The predicted molar refractivity (Wildman–Crippen MR) is 355 cm³/mol. The van der Waals surface area contributed by atoms with Crippen LogP contribution >= 0.6 is 0 Å². The van der Waals surface area contributed by atoms with E-state index in [0.717, 1.165) is 35.6 Å². The largest absolute Gasteiger partial charge is 0.445 e. The number of morpholine rings is 3. The van der Waals surface area contributed by atoms with Crippen molar-refractivity contribution < 1.29 is 105 Å². The highest BCUT2D eigenvalue weighted by molar-refractivity contribution is 5.98. The summed E-state index contributed by atoms with van der Waals surface area (Å²) in [6.07, 6.45) is -4.37. The Balaban J connectivity index is 0.000000327. The Morgan fingerprint density at radius 1 is 0.408 bits per heavy atom. The predicted octanol–water partition coefficient (Wildman–Crippen LogP) is 10.3. The van der Waals surface area contributed by atoms with E-state index in [1.807, 2.05) is 60.7 Å². The van der Waals surface area contributed by atoms with Crippen molar-refractivity contribution in [3.63, 3.8) is 0 Å². The summed E-state index contributed by atoms with van der Waals surface area (Å²) in [6, 6.07) is 18.1. The summed E-state index contributed by atoms with van der Waals surface area (Å²) in [5, 5.41) is 0. The van der Waals surface area contributed by atoms with Gasteiger partial charge in [0.05, 0.1) is 55.1 Å². The first-order chi connectivity index (χ1) is 44.7. The van der Waals surface area contributed by atoms with Gasteiger partial charge in [0.15, 0.2) is 0 Å². The van der Waals surface area contributed by atoms with Gasteiger partial charge < -0.3 is 47.4 Å². The molecule has 2 aromatic rings. The zero-order valence-electron chi connectivity index (χ0n) is 61.5. The fourth-order valence-corrected chi connectivity index (χ4v) is 9.46. The first-order valence-electron chi connectivity index (χ1n) is 32.2. The van der Waals surface area contributed by atoms with Crippen LogP contribution < -0.4 is 0 Å². The summed E-state index contributed by atoms with van der Waals surface area (Å²) in [4.78, 5) is 152. The summed E-state index contributed by atoms with van der Waals surface area (Å²) >= 11 is 0. The molecule has 0 N–H and O–H groups in total. The van der Waals surface area contributed by atoms with Crippen molar-refractivity contribution >= 4 is 72.2 Å². The second-order valence-electron chi connectivity index (χ2n) is 30.5. The Labute approximate surface area is 576 Å². The molecule has 0 saturated carbocycles. The number of imide groups is 5. The monoisotopic (exact) mass is 1380 g/mol. The SMILES string of the molecule is CC(C)(C)OC(=O)N1C(=O)CN(C(=O)OCc2ccccc2)CC1(C)C.CC(C)(C)OC(=O)N1C(=O)COCC1(C)C.CC(C)(C)OC(=O)N1CC(C)(C)N(C(=O)OCc2ccccc2)CC1=O.C[C@@H]1COCC(=O)N1C(=O)OC(C)(C)C.C[C@H]1COCC(=O)N1C(=O)OC(C)(C)C. The Hall–Kier alpha value is -8.44. The lowest BCUT2D eigenvalue weighted by Gasteiger charge is -2.44. The minimum Gasteiger partial charge on any atom is -0.445 e. The van der Waals surface area contributed by atoms with E-state index in [-0.39, 0.29) is 89.0 Å². The number of rotatable bonds is 4. The van der Waals surface area contributed by atoms with E-state index in [9.17, 15) is 57.5 Å². The molecule has 12 amide bonds. The van der Waals surface area contributed by atoms with Crippen molar-refractivity contribution in [2.45, 2.75) is 229 Å². The molecule has 548 valence electrons. The quantitative estimate of drug-likeness (QED) is 0.257. The van der Waals surface area contributed by atoms with Gasteiger partial charge in [-0.3, -0.25) is 33.8 Å². The highest BCUT2D eigenvalue weighted by Gasteiger charge is 2.48. The molecule has 2 atom stereocenters. The third-order valence-electron chi connectivity index (χ3n) is 13.6. The van der Waals surface area contributed by atoms with Gasteiger partial charge in [0.1, 0.15) is 74.1 Å². The number of benzene rings is 2. The number of carbonyl (C=O) groups is 12. The first kappa shape index (κ1) is 83.8. The Bertz CT molecular complexity index is 3060. The van der Waals surface area contributed by atoms with Crippen molar-refractivity contribution in [3.05, 3.63) is 71.8 Å². The van der Waals surface area contributed by atoms with Crippen molar-refractivity contribution in [1.29, 1.82) is 0 Å². The van der Waals surface area contributed by atoms with Crippen molar-refractivity contribution in [2.75, 3.05) is 65.8 Å². The fourth-order valence-electron chi connectivity index (χ4n) is 9.46. The average Bonchev–Trinajstić information content (AvgIpc) is 0.802. The molecule has 0 aromatic heterocycles. The highest BCUT2D eigenvalue weighted by atomic mass is 16.6. The molecule has 5 aliphatic heterocycles. The van der Waals surface area contributed by atoms with E-state index in [4.69, 9.17) is 47.4 Å². The molecule has 29 heteroatoms. The van der Waals surface area contributed by atoms with Crippen molar-refractivity contribution in [2.24, 2.45) is 0 Å². The van der Waals surface area contributed by atoms with Crippen LogP contribution in [0.2, 0.25) is 0 Å². The van der Waals surface area contributed by atoms with E-state index >= 15 is 0 Å². The van der Waals surface area contributed by atoms with Gasteiger partial charge in [-0.05, 0) is 170 Å². The number of hydrogen-bond donors (Lipinski definition) is 0. The van der Waals surface area contributed by atoms with Crippen LogP contribution in [0.5, 0.6) is 0 Å². The van der Waals surface area contributed by atoms with Gasteiger partial charge in [-0.25, -0.2) is 58.1 Å². The molecule has 29 nitrogen and oxygen atoms in total. The number of carbonyl (C=O) groups excluding carboxylic acids is 12. The van der Waals surface area contributed by atoms with Crippen molar-refractivity contribution in [3.8, 4) is 0 Å². The topological polar surface area (TPSA) is 320 Å². The van der Waals surface area contributed by atoms with E-state index in [2.05, 4.69) is 0 Å². The average molecular weight is 1380 g/mol. The second-order valence-corrected chi connectivity index (χ2v) is 30.5. The molecule has 0 bridgehead atoms. The lowest BCUT2D eigenvalue weighted by atomic mass is 9.99. The van der Waals surface area contributed by atoms with Crippen LogP contribution in [0.3, 0.4) is 0 Å². The lowest BCUT2D eigenvalue weighted by Crippen LogP contribution is -2.65. The number of piperazine rings is 2. The second kappa shape index (κ2) is 34.4. The smallest absolute Gasteiger partial charge is 0.417 e. The number of ether oxygens (including phenoxy) is 10. The van der Waals surface area contributed by atoms with Gasteiger partial charge in [-0.15, -0.1) is 0 Å². The molecule has 98 heavy (non-hydrogen) atoms. The zero-order valence-corrected chi connectivity index (χ0v) is 61.5. The Morgan fingerprint density at radius 3 is 1.13 bits per heavy atom. The molecule has 5 aliphatic rings. The van der Waals surface area contributed by atoms with Gasteiger partial charge >= 0.3 is 42.7 Å². The van der Waals surface area contributed by atoms with Crippen LogP contribution in [0, 0.1) is 0 Å². The normalized spacial score (nSPS) is 19.4. The molecule has 0 spiro atoms. The van der Waals surface area contributed by atoms with Crippen LogP contribution in [0.15, 0.2) is 60.7 Å². The van der Waals surface area contributed by atoms with Crippen LogP contribution in [0.25, 0.3) is 0 Å². The number of nitrogens with zero attached hydrogens (tertiary/aromatic N) is 7. The third-order valence-corrected chi connectivity index (χ3v) is 13.6. The van der Waals surface area contributed by atoms with Crippen LogP contribution in [-0.4, -0.2) is 229 Å². The Kier molecular flexibility index (Phi) is 29.4. The van der Waals surface area contributed by atoms with Crippen LogP contribution in [0.1, 0.15) is 170 Å². The van der Waals surface area contributed by atoms with Crippen LogP contribution in [0.4, 0.5) is 33.6 Å². The maximum absolute atomic E-state index is 12.5. The summed E-state index contributed by atoms with van der Waals surface area (Å²) in [5.41, 5.74) is -3.79.